The summed E-state index contributed by atoms with van der Waals surface area (Å²) < 4.78 is 3.67. The number of thiophene rings is 1. The number of benzene rings is 9. The van der Waals surface area contributed by atoms with Gasteiger partial charge in [0.25, 0.3) is 0 Å². The van der Waals surface area contributed by atoms with Gasteiger partial charge in [-0.3, -0.25) is 0 Å². The summed E-state index contributed by atoms with van der Waals surface area (Å²) in [4.78, 5) is 12.4. The van der Waals surface area contributed by atoms with Crippen molar-refractivity contribution in [2.45, 2.75) is 5.41 Å². The van der Waals surface area contributed by atoms with Crippen molar-refractivity contribution in [1.29, 1.82) is 0 Å². The number of nitrogens with zero attached hydrogens (tertiary/aromatic N) is 3. The lowest BCUT2D eigenvalue weighted by Gasteiger charge is -2.33. The smallest absolute Gasteiger partial charge is 0.162 e. The first-order valence-corrected chi connectivity index (χ1v) is 23.0. The molecule has 65 heavy (non-hydrogen) atoms. The molecule has 0 aliphatic heterocycles. The molecule has 0 fully saturated rings. The number of hydrogen-bond acceptors (Lipinski definition) is 3. The van der Waals surface area contributed by atoms with Crippen molar-refractivity contribution in [2.24, 2.45) is 0 Å². The number of aromatic nitrogens is 3. The Kier molecular flexibility index (Phi) is 8.62. The molecule has 0 radical (unpaired) electrons. The summed E-state index contributed by atoms with van der Waals surface area (Å²) in [5.74, 6) is 0.671. The molecule has 0 saturated heterocycles. The van der Waals surface area contributed by atoms with Gasteiger partial charge in [0.15, 0.2) is 5.82 Å². The monoisotopic (exact) mass is 845 g/mol. The van der Waals surface area contributed by atoms with Crippen molar-refractivity contribution in [3.63, 3.8) is 0 Å². The number of hydrogen-bond donors (Lipinski definition) is 0. The summed E-state index contributed by atoms with van der Waals surface area (Å²) in [7, 11) is 0. The molecule has 4 heteroatoms. The van der Waals surface area contributed by atoms with E-state index < -0.39 is 5.41 Å². The second-order valence-corrected chi connectivity index (χ2v) is 17.9. The lowest BCUT2D eigenvalue weighted by Crippen LogP contribution is -2.28. The van der Waals surface area contributed by atoms with Crippen LogP contribution in [0.1, 0.15) is 22.3 Å². The molecule has 13 rings (SSSR count). The van der Waals surface area contributed by atoms with Gasteiger partial charge in [-0.25, -0.2) is 9.97 Å². The highest BCUT2D eigenvalue weighted by molar-refractivity contribution is 7.22. The molecule has 0 unspecified atom stereocenters. The predicted octanol–water partition coefficient (Wildman–Crippen LogP) is 15.8. The summed E-state index contributed by atoms with van der Waals surface area (Å²) in [6.45, 7) is 0. The van der Waals surface area contributed by atoms with Crippen LogP contribution in [0.25, 0.3) is 93.0 Å². The van der Waals surface area contributed by atoms with Crippen LogP contribution in [-0.2, 0) is 5.41 Å². The van der Waals surface area contributed by atoms with Crippen LogP contribution in [0.2, 0.25) is 0 Å². The molecule has 3 heterocycles. The molecule has 304 valence electrons. The van der Waals surface area contributed by atoms with Crippen LogP contribution in [0.3, 0.4) is 0 Å². The molecule has 0 N–H and O–H groups in total. The third-order valence-electron chi connectivity index (χ3n) is 13.3. The Labute approximate surface area is 381 Å². The van der Waals surface area contributed by atoms with Gasteiger partial charge in [0.05, 0.1) is 33.5 Å². The van der Waals surface area contributed by atoms with Crippen molar-refractivity contribution in [3.8, 4) is 61.2 Å². The minimum absolute atomic E-state index is 0.533. The fourth-order valence-electron chi connectivity index (χ4n) is 10.5. The average molecular weight is 846 g/mol. The van der Waals surface area contributed by atoms with E-state index in [1.807, 2.05) is 11.3 Å². The van der Waals surface area contributed by atoms with E-state index in [0.717, 1.165) is 44.8 Å². The maximum absolute atomic E-state index is 5.64. The molecule has 0 amide bonds. The van der Waals surface area contributed by atoms with Gasteiger partial charge in [0.1, 0.15) is 0 Å². The summed E-state index contributed by atoms with van der Waals surface area (Å²) in [5.41, 5.74) is 16.2. The maximum atomic E-state index is 5.64. The first-order chi connectivity index (χ1) is 32.2. The normalized spacial score (nSPS) is 12.7. The van der Waals surface area contributed by atoms with Crippen molar-refractivity contribution in [1.82, 2.24) is 14.5 Å². The fraction of sp³-hybridized carbons (Fsp3) is 0.0164. The van der Waals surface area contributed by atoms with Crippen LogP contribution >= 0.6 is 11.3 Å². The van der Waals surface area contributed by atoms with Crippen LogP contribution in [0.5, 0.6) is 0 Å². The Hall–Kier alpha value is -8.18. The quantitative estimate of drug-likeness (QED) is 0.160. The maximum Gasteiger partial charge on any atom is 0.162 e. The Morgan fingerprint density at radius 2 is 0.954 bits per heavy atom. The van der Waals surface area contributed by atoms with E-state index >= 15 is 0 Å². The molecular weight excluding hydrogens is 807 g/mol. The van der Waals surface area contributed by atoms with Crippen molar-refractivity contribution >= 4 is 43.2 Å². The molecule has 1 aliphatic carbocycles. The SMILES string of the molecule is c1ccc(C2(c3ccccc3)c3ccccc3-c3c(-c4cc(-c5ccc(-c6cc7ccccc7s6)cc5)nc(-c5ccccc5-n5c6ccccc6c6ccccc65)n4)cccc32)cc1. The third kappa shape index (κ3) is 5.81. The zero-order valence-electron chi connectivity index (χ0n) is 35.3. The molecular formula is C61H39N3S. The molecule has 9 aromatic carbocycles. The van der Waals surface area contributed by atoms with Gasteiger partial charge in [-0.1, -0.05) is 194 Å². The summed E-state index contributed by atoms with van der Waals surface area (Å²) in [6.07, 6.45) is 0. The second kappa shape index (κ2) is 15.0. The summed E-state index contributed by atoms with van der Waals surface area (Å²) in [6, 6.07) is 85.7. The third-order valence-corrected chi connectivity index (χ3v) is 14.5. The van der Waals surface area contributed by atoms with Gasteiger partial charge < -0.3 is 4.57 Å². The van der Waals surface area contributed by atoms with E-state index in [1.165, 1.54) is 64.7 Å². The molecule has 3 nitrogen and oxygen atoms in total. The van der Waals surface area contributed by atoms with Crippen LogP contribution in [0.15, 0.2) is 237 Å². The minimum Gasteiger partial charge on any atom is -0.309 e. The molecule has 0 bridgehead atoms. The Morgan fingerprint density at radius 1 is 0.400 bits per heavy atom. The zero-order chi connectivity index (χ0) is 42.9. The average Bonchev–Trinajstić information content (AvgIpc) is 4.06. The highest BCUT2D eigenvalue weighted by atomic mass is 32.1. The van der Waals surface area contributed by atoms with E-state index in [4.69, 9.17) is 9.97 Å². The lowest BCUT2D eigenvalue weighted by atomic mass is 9.67. The molecule has 12 aromatic rings. The van der Waals surface area contributed by atoms with Crippen molar-refractivity contribution in [2.75, 3.05) is 0 Å². The van der Waals surface area contributed by atoms with Gasteiger partial charge in [0, 0.05) is 37.0 Å². The largest absolute Gasteiger partial charge is 0.309 e. The molecule has 0 spiro atoms. The number of fused-ring (bicyclic) bond motifs is 7. The van der Waals surface area contributed by atoms with E-state index in [0.29, 0.717) is 5.82 Å². The van der Waals surface area contributed by atoms with Crippen LogP contribution in [0, 0.1) is 0 Å². The number of para-hydroxylation sites is 3. The molecule has 3 aromatic heterocycles. The van der Waals surface area contributed by atoms with E-state index in [2.05, 4.69) is 241 Å². The van der Waals surface area contributed by atoms with Crippen LogP contribution < -0.4 is 0 Å². The Morgan fingerprint density at radius 3 is 1.68 bits per heavy atom. The summed E-state index contributed by atoms with van der Waals surface area (Å²) in [5, 5.41) is 3.70. The van der Waals surface area contributed by atoms with Crippen molar-refractivity contribution in [3.05, 3.63) is 259 Å². The fourth-order valence-corrected chi connectivity index (χ4v) is 11.6. The zero-order valence-corrected chi connectivity index (χ0v) is 36.1. The molecule has 1 aliphatic rings. The van der Waals surface area contributed by atoms with Crippen molar-refractivity contribution < 1.29 is 0 Å². The lowest BCUT2D eigenvalue weighted by molar-refractivity contribution is 0.768. The predicted molar refractivity (Wildman–Crippen MR) is 271 cm³/mol. The second-order valence-electron chi connectivity index (χ2n) is 16.8. The van der Waals surface area contributed by atoms with E-state index in [-0.39, 0.29) is 0 Å². The van der Waals surface area contributed by atoms with Crippen LogP contribution in [-0.4, -0.2) is 14.5 Å². The van der Waals surface area contributed by atoms with Gasteiger partial charge >= 0.3 is 0 Å². The molecule has 0 saturated carbocycles. The topological polar surface area (TPSA) is 30.7 Å². The van der Waals surface area contributed by atoms with Crippen LogP contribution in [0.4, 0.5) is 0 Å². The van der Waals surface area contributed by atoms with Gasteiger partial charge in [-0.05, 0) is 86.8 Å². The van der Waals surface area contributed by atoms with Gasteiger partial charge in [-0.15, -0.1) is 11.3 Å². The summed E-state index contributed by atoms with van der Waals surface area (Å²) >= 11 is 1.83. The standard InChI is InChI=1S/C61H39N3S/c1-3-19-43(20-4-1)61(44-21-5-2-6-22-44)50-28-12-8-25-47(50)59-48(27-17-29-51(59)61)53-39-52(40-34-36-41(37-35-40)58-38-42-18-7-16-33-57(42)65-58)62-60(63-53)49-26-11-15-32-56(49)64-54-30-13-9-23-45(54)46-24-10-14-31-55(46)64/h1-39H. The highest BCUT2D eigenvalue weighted by Gasteiger charge is 2.46. The molecule has 0 atom stereocenters. The Bertz CT molecular complexity index is 3640. The van der Waals surface area contributed by atoms with Gasteiger partial charge in [0.2, 0.25) is 0 Å². The van der Waals surface area contributed by atoms with E-state index in [9.17, 15) is 0 Å². The highest BCUT2D eigenvalue weighted by Crippen LogP contribution is 2.58. The minimum atomic E-state index is -0.533. The van der Waals surface area contributed by atoms with Gasteiger partial charge in [-0.2, -0.15) is 0 Å². The Balaban J connectivity index is 1.06. The first kappa shape index (κ1) is 37.4. The van der Waals surface area contributed by atoms with E-state index in [1.54, 1.807) is 0 Å². The number of rotatable bonds is 7. The first-order valence-electron chi connectivity index (χ1n) is 22.2.